The maximum atomic E-state index is 5.37. The first-order valence-corrected chi connectivity index (χ1v) is 4.95. The van der Waals surface area contributed by atoms with Crippen molar-refractivity contribution in [3.63, 3.8) is 0 Å². The SMILES string of the molecule is CC1(C)COC(C#Cc2ccccc2)=N1. The Labute approximate surface area is 90.0 Å². The minimum Gasteiger partial charge on any atom is -0.469 e. The van der Waals surface area contributed by atoms with Crippen LogP contribution in [0.1, 0.15) is 19.4 Å². The van der Waals surface area contributed by atoms with Crippen molar-refractivity contribution in [2.75, 3.05) is 6.61 Å². The molecule has 0 aliphatic carbocycles. The molecule has 0 N–H and O–H groups in total. The fourth-order valence-corrected chi connectivity index (χ4v) is 1.30. The zero-order valence-corrected chi connectivity index (χ0v) is 8.95. The number of hydrogen-bond donors (Lipinski definition) is 0. The Morgan fingerprint density at radius 1 is 1.20 bits per heavy atom. The molecule has 0 spiro atoms. The summed E-state index contributed by atoms with van der Waals surface area (Å²) >= 11 is 0. The average Bonchev–Trinajstić information content (AvgIpc) is 2.57. The Kier molecular flexibility index (Phi) is 2.47. The van der Waals surface area contributed by atoms with Crippen LogP contribution in [0, 0.1) is 11.8 Å². The zero-order valence-electron chi connectivity index (χ0n) is 8.95. The van der Waals surface area contributed by atoms with Crippen molar-refractivity contribution in [2.24, 2.45) is 4.99 Å². The van der Waals surface area contributed by atoms with E-state index in [2.05, 4.69) is 16.8 Å². The van der Waals surface area contributed by atoms with Crippen LogP contribution in [-0.2, 0) is 4.74 Å². The predicted molar refractivity (Wildman–Crippen MR) is 60.8 cm³/mol. The minimum atomic E-state index is -0.124. The molecule has 0 fully saturated rings. The van der Waals surface area contributed by atoms with Gasteiger partial charge in [-0.2, -0.15) is 0 Å². The number of aliphatic imine (C=N–C) groups is 1. The molecular formula is C13H13NO. The van der Waals surface area contributed by atoms with Gasteiger partial charge in [-0.25, -0.2) is 4.99 Å². The molecule has 2 heteroatoms. The van der Waals surface area contributed by atoms with Gasteiger partial charge in [0.1, 0.15) is 6.61 Å². The van der Waals surface area contributed by atoms with E-state index in [1.165, 1.54) is 0 Å². The van der Waals surface area contributed by atoms with Crippen molar-refractivity contribution in [2.45, 2.75) is 19.4 Å². The highest BCUT2D eigenvalue weighted by Gasteiger charge is 2.24. The van der Waals surface area contributed by atoms with Crippen LogP contribution in [0.2, 0.25) is 0 Å². The molecule has 1 aromatic rings. The lowest BCUT2D eigenvalue weighted by Gasteiger charge is -2.07. The molecule has 0 bridgehead atoms. The van der Waals surface area contributed by atoms with E-state index in [1.807, 2.05) is 44.2 Å². The van der Waals surface area contributed by atoms with Gasteiger partial charge in [0.15, 0.2) is 0 Å². The third-order valence-electron chi connectivity index (χ3n) is 2.05. The molecule has 0 atom stereocenters. The Balaban J connectivity index is 2.14. The molecule has 1 aromatic carbocycles. The maximum absolute atomic E-state index is 5.37. The fourth-order valence-electron chi connectivity index (χ4n) is 1.30. The van der Waals surface area contributed by atoms with Crippen LogP contribution in [0.25, 0.3) is 0 Å². The maximum Gasteiger partial charge on any atom is 0.264 e. The molecule has 76 valence electrons. The second-order valence-corrected chi connectivity index (χ2v) is 4.13. The van der Waals surface area contributed by atoms with Gasteiger partial charge >= 0.3 is 0 Å². The van der Waals surface area contributed by atoms with Crippen LogP contribution in [0.5, 0.6) is 0 Å². The third kappa shape index (κ3) is 2.60. The van der Waals surface area contributed by atoms with E-state index in [0.717, 1.165) is 5.56 Å². The van der Waals surface area contributed by atoms with Crippen LogP contribution in [0.4, 0.5) is 0 Å². The van der Waals surface area contributed by atoms with Crippen LogP contribution in [0.3, 0.4) is 0 Å². The van der Waals surface area contributed by atoms with Gasteiger partial charge in [0, 0.05) is 5.56 Å². The highest BCUT2D eigenvalue weighted by Crippen LogP contribution is 2.16. The summed E-state index contributed by atoms with van der Waals surface area (Å²) < 4.78 is 5.37. The number of rotatable bonds is 0. The van der Waals surface area contributed by atoms with E-state index < -0.39 is 0 Å². The minimum absolute atomic E-state index is 0.124. The molecule has 0 saturated heterocycles. The van der Waals surface area contributed by atoms with E-state index in [0.29, 0.717) is 12.5 Å². The van der Waals surface area contributed by atoms with Gasteiger partial charge in [-0.05, 0) is 31.9 Å². The number of nitrogens with zero attached hydrogens (tertiary/aromatic N) is 1. The first-order chi connectivity index (χ1) is 7.16. The molecule has 0 radical (unpaired) electrons. The molecule has 1 aliphatic rings. The molecular weight excluding hydrogens is 186 g/mol. The number of hydrogen-bond acceptors (Lipinski definition) is 2. The van der Waals surface area contributed by atoms with Gasteiger partial charge in [-0.3, -0.25) is 0 Å². The van der Waals surface area contributed by atoms with Crippen molar-refractivity contribution < 1.29 is 4.74 Å². The number of ether oxygens (including phenoxy) is 1. The van der Waals surface area contributed by atoms with Crippen LogP contribution in [0.15, 0.2) is 35.3 Å². The van der Waals surface area contributed by atoms with E-state index >= 15 is 0 Å². The second-order valence-electron chi connectivity index (χ2n) is 4.13. The van der Waals surface area contributed by atoms with Gasteiger partial charge in [-0.15, -0.1) is 0 Å². The zero-order chi connectivity index (χ0) is 10.7. The topological polar surface area (TPSA) is 21.6 Å². The summed E-state index contributed by atoms with van der Waals surface area (Å²) in [6.07, 6.45) is 0. The molecule has 0 aromatic heterocycles. The van der Waals surface area contributed by atoms with E-state index in [1.54, 1.807) is 0 Å². The Bertz CT molecular complexity index is 435. The Morgan fingerprint density at radius 3 is 2.53 bits per heavy atom. The highest BCUT2D eigenvalue weighted by molar-refractivity contribution is 5.95. The summed E-state index contributed by atoms with van der Waals surface area (Å²) in [5.41, 5.74) is 0.856. The van der Waals surface area contributed by atoms with Crippen molar-refractivity contribution in [1.29, 1.82) is 0 Å². The van der Waals surface area contributed by atoms with Crippen LogP contribution < -0.4 is 0 Å². The Hall–Kier alpha value is -1.75. The van der Waals surface area contributed by atoms with Crippen LogP contribution in [-0.4, -0.2) is 18.0 Å². The van der Waals surface area contributed by atoms with Gasteiger partial charge in [-0.1, -0.05) is 24.1 Å². The molecule has 1 heterocycles. The third-order valence-corrected chi connectivity index (χ3v) is 2.05. The monoisotopic (exact) mass is 199 g/mol. The molecule has 15 heavy (non-hydrogen) atoms. The summed E-state index contributed by atoms with van der Waals surface area (Å²) in [6.45, 7) is 4.68. The molecule has 0 amide bonds. The largest absolute Gasteiger partial charge is 0.469 e. The molecule has 0 saturated carbocycles. The van der Waals surface area contributed by atoms with E-state index in [9.17, 15) is 0 Å². The summed E-state index contributed by atoms with van der Waals surface area (Å²) in [7, 11) is 0. The molecule has 2 rings (SSSR count). The molecule has 1 aliphatic heterocycles. The molecule has 0 unspecified atom stereocenters. The standard InChI is InChI=1S/C13H13NO/c1-13(2)10-15-12(14-13)9-8-11-6-4-3-5-7-11/h3-7H,10H2,1-2H3. The Morgan fingerprint density at radius 2 is 1.93 bits per heavy atom. The normalized spacial score (nSPS) is 17.3. The van der Waals surface area contributed by atoms with Crippen molar-refractivity contribution in [3.8, 4) is 11.8 Å². The van der Waals surface area contributed by atoms with E-state index in [4.69, 9.17) is 4.74 Å². The first-order valence-electron chi connectivity index (χ1n) is 4.95. The lowest BCUT2D eigenvalue weighted by Crippen LogP contribution is -2.17. The smallest absolute Gasteiger partial charge is 0.264 e. The van der Waals surface area contributed by atoms with Crippen molar-refractivity contribution in [3.05, 3.63) is 35.9 Å². The second kappa shape index (κ2) is 3.78. The van der Waals surface area contributed by atoms with E-state index in [-0.39, 0.29) is 5.54 Å². The summed E-state index contributed by atoms with van der Waals surface area (Å²) in [6, 6.07) is 9.83. The van der Waals surface area contributed by atoms with Gasteiger partial charge < -0.3 is 4.74 Å². The van der Waals surface area contributed by atoms with Gasteiger partial charge in [0.05, 0.1) is 5.54 Å². The lowest BCUT2D eigenvalue weighted by molar-refractivity contribution is 0.281. The van der Waals surface area contributed by atoms with Gasteiger partial charge in [0.2, 0.25) is 0 Å². The molecule has 2 nitrogen and oxygen atoms in total. The number of benzene rings is 1. The summed E-state index contributed by atoms with van der Waals surface area (Å²) in [4.78, 5) is 4.36. The van der Waals surface area contributed by atoms with Gasteiger partial charge in [0.25, 0.3) is 5.90 Å². The first kappa shape index (κ1) is 9.79. The predicted octanol–water partition coefficient (Wildman–Crippen LogP) is 2.25. The lowest BCUT2D eigenvalue weighted by atomic mass is 10.1. The van der Waals surface area contributed by atoms with Crippen LogP contribution >= 0.6 is 0 Å². The average molecular weight is 199 g/mol. The van der Waals surface area contributed by atoms with Crippen molar-refractivity contribution >= 4 is 5.90 Å². The quantitative estimate of drug-likeness (QED) is 0.587. The fraction of sp³-hybridized carbons (Fsp3) is 0.308. The highest BCUT2D eigenvalue weighted by atomic mass is 16.5. The summed E-state index contributed by atoms with van der Waals surface area (Å²) in [5.74, 6) is 6.50. The summed E-state index contributed by atoms with van der Waals surface area (Å²) in [5, 5.41) is 0. The van der Waals surface area contributed by atoms with Crippen molar-refractivity contribution in [1.82, 2.24) is 0 Å².